The van der Waals surface area contributed by atoms with Crippen molar-refractivity contribution in [2.45, 2.75) is 19.3 Å². The molecule has 1 heterocycles. The largest absolute Gasteiger partial charge is 0.398 e. The second-order valence-electron chi connectivity index (χ2n) is 6.01. The summed E-state index contributed by atoms with van der Waals surface area (Å²) in [5, 5.41) is 2.69. The molecular weight excluding hydrogens is 357 g/mol. The molecule has 0 aliphatic carbocycles. The molecule has 0 fully saturated rings. The van der Waals surface area contributed by atoms with Gasteiger partial charge in [-0.05, 0) is 54.8 Å². The van der Waals surface area contributed by atoms with Gasteiger partial charge in [0, 0.05) is 36.4 Å². The third kappa shape index (κ3) is 4.32. The lowest BCUT2D eigenvalue weighted by atomic mass is 9.99. The summed E-state index contributed by atoms with van der Waals surface area (Å²) in [7, 11) is 0. The molecule has 2 amide bonds. The molecule has 138 valence electrons. The Morgan fingerprint density at radius 3 is 2.62 bits per heavy atom. The number of carbonyl (C=O) groups excluding carboxylic acids is 2. The van der Waals surface area contributed by atoms with Crippen molar-refractivity contribution in [2.24, 2.45) is 0 Å². The number of halogens is 2. The zero-order valence-corrected chi connectivity index (χ0v) is 15.0. The molecule has 0 saturated carbocycles. The molecule has 26 heavy (non-hydrogen) atoms. The number of nitrogens with one attached hydrogen (secondary N) is 1. The maximum Gasteiger partial charge on any atom is 0.251 e. The molecule has 0 radical (unpaired) electrons. The Labute approximate surface area is 157 Å². The van der Waals surface area contributed by atoms with Crippen molar-refractivity contribution in [3.05, 3.63) is 59.4 Å². The Morgan fingerprint density at radius 1 is 1.15 bits per heavy atom. The standard InChI is InChI=1S/C19H20FN3O2.ClH/c20-14-8-6-13(7-9-14)19(25)22-11-10-18(24)23-12-2-3-15-16(21)4-1-5-17(15)23;/h1,4-9H,2-3,10-12,21H2,(H,22,25);1H. The molecule has 1 aliphatic rings. The van der Waals surface area contributed by atoms with Gasteiger partial charge in [0.2, 0.25) is 5.91 Å². The first kappa shape index (κ1) is 19.7. The summed E-state index contributed by atoms with van der Waals surface area (Å²) in [4.78, 5) is 26.2. The zero-order chi connectivity index (χ0) is 17.8. The van der Waals surface area contributed by atoms with Crippen LogP contribution in [0.4, 0.5) is 15.8 Å². The van der Waals surface area contributed by atoms with E-state index in [9.17, 15) is 14.0 Å². The summed E-state index contributed by atoms with van der Waals surface area (Å²) in [5.41, 5.74) is 8.94. The molecule has 0 bridgehead atoms. The fraction of sp³-hybridized carbons (Fsp3) is 0.263. The minimum atomic E-state index is -0.394. The zero-order valence-electron chi connectivity index (χ0n) is 14.2. The van der Waals surface area contributed by atoms with Crippen LogP contribution in [0.25, 0.3) is 0 Å². The van der Waals surface area contributed by atoms with Crippen molar-refractivity contribution in [1.82, 2.24) is 5.32 Å². The van der Waals surface area contributed by atoms with Gasteiger partial charge in [0.05, 0.1) is 0 Å². The number of benzene rings is 2. The highest BCUT2D eigenvalue weighted by molar-refractivity contribution is 5.97. The molecule has 0 spiro atoms. The van der Waals surface area contributed by atoms with Gasteiger partial charge in [0.1, 0.15) is 5.82 Å². The van der Waals surface area contributed by atoms with Gasteiger partial charge in [-0.15, -0.1) is 12.4 Å². The quantitative estimate of drug-likeness (QED) is 0.804. The smallest absolute Gasteiger partial charge is 0.251 e. The third-order valence-corrected chi connectivity index (χ3v) is 4.32. The van der Waals surface area contributed by atoms with Gasteiger partial charge in [-0.3, -0.25) is 9.59 Å². The van der Waals surface area contributed by atoms with Crippen molar-refractivity contribution in [3.63, 3.8) is 0 Å². The Hall–Kier alpha value is -2.60. The molecule has 7 heteroatoms. The summed E-state index contributed by atoms with van der Waals surface area (Å²) in [6.07, 6.45) is 1.93. The summed E-state index contributed by atoms with van der Waals surface area (Å²) in [5.74, 6) is -0.767. The van der Waals surface area contributed by atoms with Gasteiger partial charge in [0.15, 0.2) is 0 Å². The van der Waals surface area contributed by atoms with E-state index in [1.807, 2.05) is 18.2 Å². The van der Waals surface area contributed by atoms with Crippen LogP contribution in [0.1, 0.15) is 28.8 Å². The molecule has 3 N–H and O–H groups in total. The van der Waals surface area contributed by atoms with Crippen LogP contribution in [-0.4, -0.2) is 24.9 Å². The predicted molar refractivity (Wildman–Crippen MR) is 102 cm³/mol. The first-order valence-electron chi connectivity index (χ1n) is 8.28. The molecule has 0 saturated heterocycles. The van der Waals surface area contributed by atoms with E-state index in [0.29, 0.717) is 17.8 Å². The maximum atomic E-state index is 12.9. The van der Waals surface area contributed by atoms with Gasteiger partial charge in [-0.2, -0.15) is 0 Å². The minimum absolute atomic E-state index is 0. The first-order chi connectivity index (χ1) is 12.1. The number of fused-ring (bicyclic) bond motifs is 1. The highest BCUT2D eigenvalue weighted by Gasteiger charge is 2.23. The van der Waals surface area contributed by atoms with Crippen LogP contribution in [0.3, 0.4) is 0 Å². The maximum absolute atomic E-state index is 12.9. The molecule has 2 aromatic rings. The van der Waals surface area contributed by atoms with Crippen LogP contribution >= 0.6 is 12.4 Å². The van der Waals surface area contributed by atoms with E-state index in [2.05, 4.69) is 5.32 Å². The van der Waals surface area contributed by atoms with E-state index in [0.717, 1.165) is 24.1 Å². The average Bonchev–Trinajstić information content (AvgIpc) is 2.62. The predicted octanol–water partition coefficient (Wildman–Crippen LogP) is 2.93. The number of nitrogen functional groups attached to an aromatic ring is 1. The van der Waals surface area contributed by atoms with E-state index in [4.69, 9.17) is 5.73 Å². The van der Waals surface area contributed by atoms with Crippen molar-refractivity contribution in [2.75, 3.05) is 23.7 Å². The van der Waals surface area contributed by atoms with E-state index in [1.54, 1.807) is 4.90 Å². The molecule has 5 nitrogen and oxygen atoms in total. The SMILES string of the molecule is Cl.Nc1cccc2c1CCCN2C(=O)CCNC(=O)c1ccc(F)cc1. The highest BCUT2D eigenvalue weighted by Crippen LogP contribution is 2.31. The number of hydrogen-bond acceptors (Lipinski definition) is 3. The molecule has 0 aromatic heterocycles. The van der Waals surface area contributed by atoms with Gasteiger partial charge in [-0.25, -0.2) is 4.39 Å². The lowest BCUT2D eigenvalue weighted by molar-refractivity contribution is -0.118. The second-order valence-corrected chi connectivity index (χ2v) is 6.01. The summed E-state index contributed by atoms with van der Waals surface area (Å²) >= 11 is 0. The minimum Gasteiger partial charge on any atom is -0.398 e. The van der Waals surface area contributed by atoms with Crippen LogP contribution in [0.15, 0.2) is 42.5 Å². The van der Waals surface area contributed by atoms with Crippen molar-refractivity contribution >= 4 is 35.6 Å². The highest BCUT2D eigenvalue weighted by atomic mass is 35.5. The van der Waals surface area contributed by atoms with Crippen LogP contribution in [-0.2, 0) is 11.2 Å². The van der Waals surface area contributed by atoms with E-state index in [-0.39, 0.29) is 37.2 Å². The molecule has 2 aromatic carbocycles. The fourth-order valence-corrected chi connectivity index (χ4v) is 3.03. The topological polar surface area (TPSA) is 75.4 Å². The number of hydrogen-bond donors (Lipinski definition) is 2. The van der Waals surface area contributed by atoms with E-state index < -0.39 is 5.82 Å². The monoisotopic (exact) mass is 377 g/mol. The lowest BCUT2D eigenvalue weighted by Crippen LogP contribution is -2.38. The van der Waals surface area contributed by atoms with Gasteiger partial charge in [0.25, 0.3) is 5.91 Å². The van der Waals surface area contributed by atoms with Crippen molar-refractivity contribution in [3.8, 4) is 0 Å². The van der Waals surface area contributed by atoms with Crippen LogP contribution in [0, 0.1) is 5.82 Å². The van der Waals surface area contributed by atoms with Gasteiger partial charge in [-0.1, -0.05) is 6.07 Å². The molecule has 1 aliphatic heterocycles. The molecule has 3 rings (SSSR count). The number of nitrogens with zero attached hydrogens (tertiary/aromatic N) is 1. The Balaban J connectivity index is 0.00000243. The van der Waals surface area contributed by atoms with E-state index >= 15 is 0 Å². The lowest BCUT2D eigenvalue weighted by Gasteiger charge is -2.30. The Bertz CT molecular complexity index is 796. The Kier molecular flexibility index (Phi) is 6.58. The van der Waals surface area contributed by atoms with Gasteiger partial charge < -0.3 is 16.0 Å². The van der Waals surface area contributed by atoms with Crippen molar-refractivity contribution < 1.29 is 14.0 Å². The Morgan fingerprint density at radius 2 is 1.88 bits per heavy atom. The van der Waals surface area contributed by atoms with Crippen molar-refractivity contribution in [1.29, 1.82) is 0 Å². The third-order valence-electron chi connectivity index (χ3n) is 4.32. The number of rotatable bonds is 4. The van der Waals surface area contributed by atoms with Crippen LogP contribution in [0.5, 0.6) is 0 Å². The van der Waals surface area contributed by atoms with Gasteiger partial charge >= 0.3 is 0 Å². The molecular formula is C19H21ClFN3O2. The fourth-order valence-electron chi connectivity index (χ4n) is 3.03. The normalized spacial score (nSPS) is 12.7. The number of nitrogens with two attached hydrogens (primary N) is 1. The number of carbonyl (C=O) groups is 2. The second kappa shape index (κ2) is 8.67. The molecule has 0 atom stereocenters. The van der Waals surface area contributed by atoms with Crippen LogP contribution < -0.4 is 16.0 Å². The summed E-state index contributed by atoms with van der Waals surface area (Å²) < 4.78 is 12.9. The number of anilines is 2. The number of amides is 2. The summed E-state index contributed by atoms with van der Waals surface area (Å²) in [6, 6.07) is 10.9. The first-order valence-corrected chi connectivity index (χ1v) is 8.28. The molecule has 0 unspecified atom stereocenters. The van der Waals surface area contributed by atoms with Crippen LogP contribution in [0.2, 0.25) is 0 Å². The van der Waals surface area contributed by atoms with E-state index in [1.165, 1.54) is 24.3 Å². The summed E-state index contributed by atoms with van der Waals surface area (Å²) in [6.45, 7) is 0.879. The average molecular weight is 378 g/mol.